The first kappa shape index (κ1) is 8.80. The smallest absolute Gasteiger partial charge is 0.120 e. The quantitative estimate of drug-likeness (QED) is 0.399. The average Bonchev–Trinajstić information content (AvgIpc) is 1.80. The maximum absolute atomic E-state index is 2.29. The van der Waals surface area contributed by atoms with Crippen molar-refractivity contribution >= 4 is 6.71 Å². The van der Waals surface area contributed by atoms with Gasteiger partial charge in [-0.1, -0.05) is 39.5 Å². The number of hydrogen-bond donors (Lipinski definition) is 0. The molecule has 0 radical (unpaired) electrons. The lowest BCUT2D eigenvalue weighted by atomic mass is 9.55. The van der Waals surface area contributed by atoms with Crippen LogP contribution in [0.3, 0.4) is 0 Å². The first-order chi connectivity index (χ1) is 4.27. The van der Waals surface area contributed by atoms with Crippen LogP contribution in [0.1, 0.15) is 26.2 Å². The van der Waals surface area contributed by atoms with Crippen LogP contribution in [0.4, 0.5) is 0 Å². The van der Waals surface area contributed by atoms with Gasteiger partial charge in [0.25, 0.3) is 0 Å². The second-order valence-corrected chi connectivity index (χ2v) is 2.81. The van der Waals surface area contributed by atoms with Gasteiger partial charge >= 0.3 is 0 Å². The van der Waals surface area contributed by atoms with Crippen molar-refractivity contribution in [2.75, 3.05) is 0 Å². The maximum atomic E-state index is 2.29. The molecule has 0 unspecified atom stereocenters. The number of hydrogen-bond acceptors (Lipinski definition) is 0. The van der Waals surface area contributed by atoms with E-state index in [1.165, 1.54) is 19.3 Å². The van der Waals surface area contributed by atoms with Crippen molar-refractivity contribution in [3.8, 4) is 0 Å². The second-order valence-electron chi connectivity index (χ2n) is 2.81. The molecule has 0 atom stereocenters. The molecule has 0 saturated carbocycles. The van der Waals surface area contributed by atoms with Gasteiger partial charge in [-0.2, -0.15) is 0 Å². The third-order valence-electron chi connectivity index (χ3n) is 1.25. The van der Waals surface area contributed by atoms with Crippen LogP contribution in [0.5, 0.6) is 0 Å². The summed E-state index contributed by atoms with van der Waals surface area (Å²) in [5.41, 5.74) is 0. The van der Waals surface area contributed by atoms with Crippen LogP contribution in [0, 0.1) is 0 Å². The molecule has 0 fully saturated rings. The van der Waals surface area contributed by atoms with E-state index in [9.17, 15) is 0 Å². The molecule has 0 aromatic heterocycles. The van der Waals surface area contributed by atoms with Crippen LogP contribution in [-0.4, -0.2) is 6.71 Å². The molecular weight excluding hydrogens is 107 g/mol. The van der Waals surface area contributed by atoms with Gasteiger partial charge in [0.05, 0.1) is 0 Å². The molecule has 0 aliphatic carbocycles. The Kier molecular flexibility index (Phi) is 5.80. The summed E-state index contributed by atoms with van der Waals surface area (Å²) in [6.45, 7) is 7.37. The van der Waals surface area contributed by atoms with Gasteiger partial charge in [0.1, 0.15) is 0 Å². The third-order valence-corrected chi connectivity index (χ3v) is 1.25. The summed E-state index contributed by atoms with van der Waals surface area (Å²) < 4.78 is 0. The fraction of sp³-hybridized carbons (Fsp3) is 0.750. The Morgan fingerprint density at radius 1 is 1.33 bits per heavy atom. The molecule has 0 aliphatic rings. The minimum atomic E-state index is 0.724. The molecule has 0 saturated heterocycles. The summed E-state index contributed by atoms with van der Waals surface area (Å²) in [5, 5.41) is 0. The molecule has 0 nitrogen and oxygen atoms in total. The zero-order chi connectivity index (χ0) is 7.11. The van der Waals surface area contributed by atoms with Crippen LogP contribution in [0.2, 0.25) is 13.6 Å². The molecule has 0 heterocycles. The van der Waals surface area contributed by atoms with Gasteiger partial charge in [0, 0.05) is 0 Å². The molecule has 0 aliphatic heterocycles. The van der Waals surface area contributed by atoms with Gasteiger partial charge in [-0.15, -0.1) is 5.98 Å². The molecule has 0 amide bonds. The molecule has 0 aromatic rings. The largest absolute Gasteiger partial charge is 0.159 e. The van der Waals surface area contributed by atoms with E-state index in [4.69, 9.17) is 0 Å². The van der Waals surface area contributed by atoms with Crippen LogP contribution >= 0.6 is 0 Å². The van der Waals surface area contributed by atoms with E-state index in [0.29, 0.717) is 0 Å². The molecule has 9 heavy (non-hydrogen) atoms. The maximum Gasteiger partial charge on any atom is 0.159 e. The Hall–Kier alpha value is -0.195. The lowest BCUT2D eigenvalue weighted by Crippen LogP contribution is -1.91. The van der Waals surface area contributed by atoms with Crippen molar-refractivity contribution in [1.29, 1.82) is 0 Å². The second kappa shape index (κ2) is 5.93. The highest BCUT2D eigenvalue weighted by molar-refractivity contribution is 6.61. The first-order valence-electron chi connectivity index (χ1n) is 3.94. The Morgan fingerprint density at radius 2 is 2.00 bits per heavy atom. The highest BCUT2D eigenvalue weighted by Gasteiger charge is 1.87. The average molecular weight is 124 g/mol. The van der Waals surface area contributed by atoms with Crippen LogP contribution in [0.25, 0.3) is 0 Å². The van der Waals surface area contributed by atoms with E-state index >= 15 is 0 Å². The molecule has 1 heteroatoms. The van der Waals surface area contributed by atoms with E-state index in [1.54, 1.807) is 0 Å². The van der Waals surface area contributed by atoms with Gasteiger partial charge < -0.3 is 0 Å². The minimum absolute atomic E-state index is 0.724. The molecule has 0 spiro atoms. The molecule has 52 valence electrons. The fourth-order valence-corrected chi connectivity index (χ4v) is 0.690. The van der Waals surface area contributed by atoms with Crippen molar-refractivity contribution < 1.29 is 0 Å². The number of allylic oxidation sites excluding steroid dienone is 1. The van der Waals surface area contributed by atoms with Crippen LogP contribution in [0.15, 0.2) is 12.1 Å². The van der Waals surface area contributed by atoms with Crippen molar-refractivity contribution in [3.63, 3.8) is 0 Å². The highest BCUT2D eigenvalue weighted by Crippen LogP contribution is 1.95. The first-order valence-corrected chi connectivity index (χ1v) is 3.94. The summed E-state index contributed by atoms with van der Waals surface area (Å²) in [4.78, 5) is 0. The van der Waals surface area contributed by atoms with Crippen molar-refractivity contribution in [2.24, 2.45) is 0 Å². The van der Waals surface area contributed by atoms with Gasteiger partial charge in [-0.3, -0.25) is 0 Å². The van der Waals surface area contributed by atoms with Crippen molar-refractivity contribution in [1.82, 2.24) is 0 Å². The molecule has 0 rings (SSSR count). The predicted octanol–water partition coefficient (Wildman–Crippen LogP) is 3.03. The van der Waals surface area contributed by atoms with Crippen molar-refractivity contribution in [3.05, 3.63) is 12.1 Å². The van der Waals surface area contributed by atoms with E-state index in [2.05, 4.69) is 32.6 Å². The lowest BCUT2D eigenvalue weighted by Gasteiger charge is -1.89. The Morgan fingerprint density at radius 3 is 2.44 bits per heavy atom. The third kappa shape index (κ3) is 7.80. The highest BCUT2D eigenvalue weighted by atomic mass is 13.8. The lowest BCUT2D eigenvalue weighted by molar-refractivity contribution is 0.815. The van der Waals surface area contributed by atoms with Crippen LogP contribution < -0.4 is 0 Å². The van der Waals surface area contributed by atoms with E-state index in [0.717, 1.165) is 6.71 Å². The summed E-state index contributed by atoms with van der Waals surface area (Å²) in [6, 6.07) is 0. The van der Waals surface area contributed by atoms with Crippen molar-refractivity contribution in [2.45, 2.75) is 39.8 Å². The Bertz CT molecular complexity index is 74.6. The zero-order valence-electron chi connectivity index (χ0n) is 6.85. The van der Waals surface area contributed by atoms with Gasteiger partial charge in [-0.05, 0) is 6.42 Å². The standard InChI is InChI=1S/C8H17B/c1-4-5-6-7-8-9(2)3/h7-8H,4-6H2,1-3H3/b8-7-. The zero-order valence-corrected chi connectivity index (χ0v) is 6.85. The molecular formula is C8H17B. The fourth-order valence-electron chi connectivity index (χ4n) is 0.690. The minimum Gasteiger partial charge on any atom is -0.120 e. The number of unbranched alkanes of at least 4 members (excludes halogenated alkanes) is 2. The molecule has 0 aromatic carbocycles. The Balaban J connectivity index is 3.04. The van der Waals surface area contributed by atoms with Gasteiger partial charge in [0.2, 0.25) is 0 Å². The summed E-state index contributed by atoms with van der Waals surface area (Å²) >= 11 is 0. The van der Waals surface area contributed by atoms with Crippen LogP contribution in [-0.2, 0) is 0 Å². The van der Waals surface area contributed by atoms with E-state index < -0.39 is 0 Å². The Labute approximate surface area is 59.4 Å². The van der Waals surface area contributed by atoms with E-state index in [1.807, 2.05) is 0 Å². The monoisotopic (exact) mass is 124 g/mol. The summed E-state index contributed by atoms with van der Waals surface area (Å²) in [7, 11) is 0. The SMILES string of the molecule is CCCC/C=C\B(C)C. The normalized spacial score (nSPS) is 10.6. The van der Waals surface area contributed by atoms with E-state index in [-0.39, 0.29) is 0 Å². The summed E-state index contributed by atoms with van der Waals surface area (Å²) in [5.74, 6) is 2.27. The summed E-state index contributed by atoms with van der Waals surface area (Å²) in [6.07, 6.45) is 6.19. The molecule has 0 N–H and O–H groups in total. The van der Waals surface area contributed by atoms with Gasteiger partial charge in [0.15, 0.2) is 6.71 Å². The number of rotatable bonds is 4. The topological polar surface area (TPSA) is 0 Å². The molecule has 0 bridgehead atoms. The van der Waals surface area contributed by atoms with Gasteiger partial charge in [-0.25, -0.2) is 0 Å². The predicted molar refractivity (Wildman–Crippen MR) is 46.1 cm³/mol.